The van der Waals surface area contributed by atoms with Crippen molar-refractivity contribution in [1.82, 2.24) is 4.98 Å². The van der Waals surface area contributed by atoms with Crippen molar-refractivity contribution in [1.29, 1.82) is 0 Å². The van der Waals surface area contributed by atoms with Gasteiger partial charge in [0.15, 0.2) is 0 Å². The normalized spacial score (nSPS) is 20.4. The quantitative estimate of drug-likeness (QED) is 0.574. The fourth-order valence-corrected chi connectivity index (χ4v) is 4.24. The summed E-state index contributed by atoms with van der Waals surface area (Å²) in [5, 5.41) is 0. The van der Waals surface area contributed by atoms with Gasteiger partial charge in [-0.2, -0.15) is 0 Å². The van der Waals surface area contributed by atoms with Crippen LogP contribution in [0.5, 0.6) is 0 Å². The van der Waals surface area contributed by atoms with Crippen LogP contribution in [0.2, 0.25) is 0 Å². The van der Waals surface area contributed by atoms with Crippen LogP contribution in [0.3, 0.4) is 0 Å². The first-order valence-corrected chi connectivity index (χ1v) is 10.2. The van der Waals surface area contributed by atoms with Gasteiger partial charge in [-0.15, -0.1) is 0 Å². The van der Waals surface area contributed by atoms with Crippen molar-refractivity contribution in [3.63, 3.8) is 0 Å². The van der Waals surface area contributed by atoms with Crippen molar-refractivity contribution in [3.05, 3.63) is 57.2 Å². The summed E-state index contributed by atoms with van der Waals surface area (Å²) in [7, 11) is 0. The van der Waals surface area contributed by atoms with E-state index in [9.17, 15) is 0 Å². The maximum Gasteiger partial charge on any atom is 0.0688 e. The molecule has 1 aromatic heterocycles. The third kappa shape index (κ3) is 3.69. The summed E-state index contributed by atoms with van der Waals surface area (Å²) >= 11 is 0. The minimum atomic E-state index is 1.02. The number of hydrogen-bond acceptors (Lipinski definition) is 2. The Morgan fingerprint density at radius 3 is 1.37 bits per heavy atom. The van der Waals surface area contributed by atoms with Gasteiger partial charge in [0.05, 0.1) is 11.4 Å². The Labute approximate surface area is 163 Å². The molecule has 0 spiro atoms. The molecule has 1 N–H and O–H groups in total. The largest absolute Gasteiger partial charge is 0.355 e. The second-order valence-electron chi connectivity index (χ2n) is 7.15. The van der Waals surface area contributed by atoms with Crippen LogP contribution in [0.25, 0.3) is 12.2 Å². The third-order valence-corrected chi connectivity index (χ3v) is 5.53. The highest BCUT2D eigenvalue weighted by Gasteiger charge is 2.19. The smallest absolute Gasteiger partial charge is 0.0688 e. The molecule has 0 radical (unpaired) electrons. The number of allylic oxidation sites excluding steroid dienone is 4. The van der Waals surface area contributed by atoms with Crippen molar-refractivity contribution < 1.29 is 0 Å². The SMILES string of the molecule is CCC1=C(CC)/C(=C/c2ccc(/C=C3/N=C(C)C(CC)=C3CC)[nH]2)N=C1C. The van der Waals surface area contributed by atoms with Gasteiger partial charge in [0, 0.05) is 22.8 Å². The summed E-state index contributed by atoms with van der Waals surface area (Å²) in [6.07, 6.45) is 8.47. The van der Waals surface area contributed by atoms with E-state index in [1.54, 1.807) is 0 Å². The number of hydrogen-bond donors (Lipinski definition) is 1. The molecule has 0 saturated heterocycles. The number of aliphatic imine (C=N–C) groups is 2. The molecule has 2 aliphatic rings. The number of H-pyrrole nitrogens is 1. The minimum Gasteiger partial charge on any atom is -0.355 e. The van der Waals surface area contributed by atoms with Gasteiger partial charge in [0.1, 0.15) is 0 Å². The lowest BCUT2D eigenvalue weighted by Crippen LogP contribution is -1.93. The van der Waals surface area contributed by atoms with E-state index in [1.807, 2.05) is 0 Å². The van der Waals surface area contributed by atoms with E-state index in [1.165, 1.54) is 22.3 Å². The molecule has 27 heavy (non-hydrogen) atoms. The fraction of sp³-hybridized carbons (Fsp3) is 0.417. The fourth-order valence-electron chi connectivity index (χ4n) is 4.24. The van der Waals surface area contributed by atoms with Crippen molar-refractivity contribution in [2.75, 3.05) is 0 Å². The van der Waals surface area contributed by atoms with Crippen molar-refractivity contribution in [2.24, 2.45) is 9.98 Å². The molecule has 0 amide bonds. The van der Waals surface area contributed by atoms with Gasteiger partial charge in [-0.3, -0.25) is 9.98 Å². The van der Waals surface area contributed by atoms with Crippen LogP contribution < -0.4 is 0 Å². The maximum atomic E-state index is 4.80. The van der Waals surface area contributed by atoms with E-state index < -0.39 is 0 Å². The third-order valence-electron chi connectivity index (χ3n) is 5.53. The Bertz CT molecular complexity index is 852. The highest BCUT2D eigenvalue weighted by molar-refractivity contribution is 6.04. The molecule has 1 aromatic rings. The van der Waals surface area contributed by atoms with E-state index in [0.29, 0.717) is 0 Å². The Morgan fingerprint density at radius 2 is 1.04 bits per heavy atom. The Balaban J connectivity index is 1.91. The van der Waals surface area contributed by atoms with Crippen LogP contribution in [0, 0.1) is 0 Å². The molecule has 0 aliphatic carbocycles. The highest BCUT2D eigenvalue weighted by Crippen LogP contribution is 2.32. The van der Waals surface area contributed by atoms with Gasteiger partial charge in [-0.1, -0.05) is 27.7 Å². The summed E-state index contributed by atoms with van der Waals surface area (Å²) in [5.74, 6) is 0. The van der Waals surface area contributed by atoms with E-state index in [-0.39, 0.29) is 0 Å². The molecule has 3 rings (SSSR count). The highest BCUT2D eigenvalue weighted by atomic mass is 14.8. The molecule has 0 saturated carbocycles. The van der Waals surface area contributed by atoms with E-state index in [0.717, 1.165) is 59.9 Å². The predicted molar refractivity (Wildman–Crippen MR) is 118 cm³/mol. The van der Waals surface area contributed by atoms with Crippen LogP contribution in [-0.4, -0.2) is 16.4 Å². The molecular formula is C24H31N3. The molecule has 0 atom stereocenters. The zero-order chi connectivity index (χ0) is 19.6. The van der Waals surface area contributed by atoms with E-state index in [4.69, 9.17) is 9.98 Å². The first-order chi connectivity index (χ1) is 13.0. The molecule has 3 heterocycles. The molecule has 0 bridgehead atoms. The average molecular weight is 362 g/mol. The lowest BCUT2D eigenvalue weighted by Gasteiger charge is -2.04. The topological polar surface area (TPSA) is 40.5 Å². The van der Waals surface area contributed by atoms with Gasteiger partial charge in [0.2, 0.25) is 0 Å². The summed E-state index contributed by atoms with van der Waals surface area (Å²) in [6.45, 7) is 13.1. The van der Waals surface area contributed by atoms with Gasteiger partial charge >= 0.3 is 0 Å². The van der Waals surface area contributed by atoms with Gasteiger partial charge in [0.25, 0.3) is 0 Å². The molecule has 3 nitrogen and oxygen atoms in total. The monoisotopic (exact) mass is 361 g/mol. The van der Waals surface area contributed by atoms with Gasteiger partial charge < -0.3 is 4.98 Å². The van der Waals surface area contributed by atoms with Crippen molar-refractivity contribution in [2.45, 2.75) is 67.2 Å². The van der Waals surface area contributed by atoms with Crippen LogP contribution in [0.15, 0.2) is 55.8 Å². The lowest BCUT2D eigenvalue weighted by atomic mass is 10.0. The average Bonchev–Trinajstić information content (AvgIpc) is 3.30. The predicted octanol–water partition coefficient (Wildman–Crippen LogP) is 6.88. The van der Waals surface area contributed by atoms with Gasteiger partial charge in [-0.25, -0.2) is 0 Å². The molecule has 2 aliphatic heterocycles. The van der Waals surface area contributed by atoms with Crippen molar-refractivity contribution in [3.8, 4) is 0 Å². The minimum absolute atomic E-state index is 1.02. The molecule has 0 aromatic carbocycles. The van der Waals surface area contributed by atoms with Gasteiger partial charge in [-0.05, 0) is 86.1 Å². The Hall–Kier alpha value is -2.42. The Morgan fingerprint density at radius 1 is 0.667 bits per heavy atom. The molecule has 3 heteroatoms. The molecule has 142 valence electrons. The van der Waals surface area contributed by atoms with Crippen LogP contribution in [0.1, 0.15) is 78.6 Å². The number of nitrogens with zero attached hydrogens (tertiary/aromatic N) is 2. The summed E-state index contributed by atoms with van der Waals surface area (Å²) < 4.78 is 0. The number of nitrogens with one attached hydrogen (secondary N) is 1. The number of aromatic amines is 1. The molecule has 0 unspecified atom stereocenters. The maximum absolute atomic E-state index is 4.80. The zero-order valence-electron chi connectivity index (χ0n) is 17.5. The molecular weight excluding hydrogens is 330 g/mol. The summed E-state index contributed by atoms with van der Waals surface area (Å²) in [4.78, 5) is 13.1. The first kappa shape index (κ1) is 19.3. The first-order valence-electron chi connectivity index (χ1n) is 10.2. The zero-order valence-corrected chi connectivity index (χ0v) is 17.5. The number of rotatable bonds is 6. The van der Waals surface area contributed by atoms with E-state index >= 15 is 0 Å². The lowest BCUT2D eigenvalue weighted by molar-refractivity contribution is 1.06. The summed E-state index contributed by atoms with van der Waals surface area (Å²) in [6, 6.07) is 4.26. The second-order valence-corrected chi connectivity index (χ2v) is 7.15. The van der Waals surface area contributed by atoms with Crippen molar-refractivity contribution >= 4 is 23.6 Å². The van der Waals surface area contributed by atoms with Crippen LogP contribution in [-0.2, 0) is 0 Å². The standard InChI is InChI=1S/C24H31N3/c1-7-19-15(5)25-23(21(19)9-3)13-17-11-12-18(27-17)14-24-22(10-4)20(8-2)16(6)26-24/h11-14,27H,7-10H2,1-6H3/b23-13-,24-14+. The molecule has 0 fully saturated rings. The van der Waals surface area contributed by atoms with Crippen LogP contribution >= 0.6 is 0 Å². The number of aromatic nitrogens is 1. The van der Waals surface area contributed by atoms with E-state index in [2.05, 4.69) is 70.8 Å². The summed E-state index contributed by atoms with van der Waals surface area (Å²) in [5.41, 5.74) is 12.3. The van der Waals surface area contributed by atoms with Crippen LogP contribution in [0.4, 0.5) is 0 Å². The Kier molecular flexibility index (Phi) is 5.79. The second kappa shape index (κ2) is 8.08.